The van der Waals surface area contributed by atoms with E-state index in [2.05, 4.69) is 10.3 Å². The highest BCUT2D eigenvalue weighted by atomic mass is 32.1. The Balaban J connectivity index is 2.04. The molecule has 17 heavy (non-hydrogen) atoms. The molecule has 0 saturated heterocycles. The Bertz CT molecular complexity index is 525. The van der Waals surface area contributed by atoms with Crippen LogP contribution >= 0.6 is 11.3 Å². The van der Waals surface area contributed by atoms with Crippen molar-refractivity contribution in [3.8, 4) is 0 Å². The molecule has 0 atom stereocenters. The number of aromatic nitrogens is 1. The Morgan fingerprint density at radius 3 is 3.00 bits per heavy atom. The molecule has 0 saturated carbocycles. The van der Waals surface area contributed by atoms with Crippen molar-refractivity contribution in [2.75, 3.05) is 0 Å². The van der Waals surface area contributed by atoms with Gasteiger partial charge in [-0.2, -0.15) is 0 Å². The van der Waals surface area contributed by atoms with Gasteiger partial charge in [0.05, 0.1) is 17.7 Å². The first kappa shape index (κ1) is 11.7. The van der Waals surface area contributed by atoms with Crippen LogP contribution in [0.5, 0.6) is 0 Å². The first-order chi connectivity index (χ1) is 8.16. The monoisotopic (exact) mass is 250 g/mol. The van der Waals surface area contributed by atoms with Crippen molar-refractivity contribution < 1.29 is 9.18 Å². The van der Waals surface area contributed by atoms with Crippen LogP contribution in [-0.2, 0) is 6.54 Å². The summed E-state index contributed by atoms with van der Waals surface area (Å²) in [5, 5.41) is 4.62. The van der Waals surface area contributed by atoms with Gasteiger partial charge in [0.25, 0.3) is 5.91 Å². The van der Waals surface area contributed by atoms with Gasteiger partial charge in [0, 0.05) is 10.9 Å². The second kappa shape index (κ2) is 5.05. The van der Waals surface area contributed by atoms with Crippen LogP contribution in [0.4, 0.5) is 4.39 Å². The number of amides is 1. The van der Waals surface area contributed by atoms with Crippen LogP contribution in [0.2, 0.25) is 0 Å². The lowest BCUT2D eigenvalue weighted by Crippen LogP contribution is -2.23. The Labute approximate surface area is 102 Å². The minimum atomic E-state index is -0.335. The third-order valence-electron chi connectivity index (χ3n) is 2.35. The minimum Gasteiger partial charge on any atom is -0.346 e. The number of rotatable bonds is 3. The molecule has 0 aliphatic carbocycles. The molecule has 0 radical (unpaired) electrons. The molecular formula is C12H11FN2OS. The van der Waals surface area contributed by atoms with E-state index in [9.17, 15) is 9.18 Å². The molecule has 0 unspecified atom stereocenters. The van der Waals surface area contributed by atoms with E-state index < -0.39 is 0 Å². The van der Waals surface area contributed by atoms with Gasteiger partial charge >= 0.3 is 0 Å². The lowest BCUT2D eigenvalue weighted by molar-refractivity contribution is 0.0950. The van der Waals surface area contributed by atoms with Crippen molar-refractivity contribution in [1.29, 1.82) is 0 Å². The third kappa shape index (κ3) is 2.88. The summed E-state index contributed by atoms with van der Waals surface area (Å²) in [6.07, 6.45) is 0. The number of nitrogens with zero attached hydrogens (tertiary/aromatic N) is 1. The van der Waals surface area contributed by atoms with Crippen molar-refractivity contribution in [3.63, 3.8) is 0 Å². The van der Waals surface area contributed by atoms with Crippen LogP contribution in [0, 0.1) is 12.7 Å². The summed E-state index contributed by atoms with van der Waals surface area (Å²) >= 11 is 1.48. The van der Waals surface area contributed by atoms with E-state index in [0.29, 0.717) is 17.7 Å². The minimum absolute atomic E-state index is 0.212. The van der Waals surface area contributed by atoms with Gasteiger partial charge in [-0.15, -0.1) is 11.3 Å². The van der Waals surface area contributed by atoms with Crippen LogP contribution in [0.1, 0.15) is 21.6 Å². The molecule has 1 aromatic heterocycles. The van der Waals surface area contributed by atoms with E-state index >= 15 is 0 Å². The van der Waals surface area contributed by atoms with E-state index in [0.717, 1.165) is 5.69 Å². The van der Waals surface area contributed by atoms with E-state index in [1.165, 1.54) is 29.5 Å². The lowest BCUT2D eigenvalue weighted by atomic mass is 10.1. The fraction of sp³-hybridized carbons (Fsp3) is 0.167. The zero-order chi connectivity index (χ0) is 12.3. The SMILES string of the molecule is Cc1cc(F)ccc1C(=O)NCc1cscn1. The van der Waals surface area contributed by atoms with Gasteiger partial charge in [0.2, 0.25) is 0 Å². The number of hydrogen-bond donors (Lipinski definition) is 1. The van der Waals surface area contributed by atoms with Crippen LogP contribution in [-0.4, -0.2) is 10.9 Å². The summed E-state index contributed by atoms with van der Waals surface area (Å²) in [6.45, 7) is 2.10. The van der Waals surface area contributed by atoms with E-state index in [4.69, 9.17) is 0 Å². The van der Waals surface area contributed by atoms with E-state index in [-0.39, 0.29) is 11.7 Å². The van der Waals surface area contributed by atoms with Gasteiger partial charge in [-0.05, 0) is 30.7 Å². The number of hydrogen-bond acceptors (Lipinski definition) is 3. The maximum Gasteiger partial charge on any atom is 0.251 e. The Morgan fingerprint density at radius 1 is 1.53 bits per heavy atom. The third-order valence-corrected chi connectivity index (χ3v) is 2.98. The molecule has 2 rings (SSSR count). The highest BCUT2D eigenvalue weighted by Gasteiger charge is 2.09. The maximum absolute atomic E-state index is 12.9. The molecule has 1 N–H and O–H groups in total. The number of aryl methyl sites for hydroxylation is 1. The van der Waals surface area contributed by atoms with Gasteiger partial charge in [-0.25, -0.2) is 9.37 Å². The van der Waals surface area contributed by atoms with Crippen molar-refractivity contribution in [3.05, 3.63) is 51.7 Å². The number of carbonyl (C=O) groups is 1. The molecule has 1 amide bonds. The molecule has 0 fully saturated rings. The van der Waals surface area contributed by atoms with Crippen LogP contribution in [0.25, 0.3) is 0 Å². The van der Waals surface area contributed by atoms with Crippen LogP contribution < -0.4 is 5.32 Å². The number of benzene rings is 1. The normalized spacial score (nSPS) is 10.2. The molecule has 2 aromatic rings. The van der Waals surface area contributed by atoms with Gasteiger partial charge in [-0.1, -0.05) is 0 Å². The largest absolute Gasteiger partial charge is 0.346 e. The Morgan fingerprint density at radius 2 is 2.35 bits per heavy atom. The zero-order valence-electron chi connectivity index (χ0n) is 9.24. The predicted molar refractivity (Wildman–Crippen MR) is 64.4 cm³/mol. The van der Waals surface area contributed by atoms with Crippen molar-refractivity contribution in [2.45, 2.75) is 13.5 Å². The molecule has 1 heterocycles. The van der Waals surface area contributed by atoms with Crippen LogP contribution in [0.15, 0.2) is 29.1 Å². The quantitative estimate of drug-likeness (QED) is 0.909. The molecule has 3 nitrogen and oxygen atoms in total. The van der Waals surface area contributed by atoms with Crippen molar-refractivity contribution >= 4 is 17.2 Å². The number of carbonyl (C=O) groups excluding carboxylic acids is 1. The topological polar surface area (TPSA) is 42.0 Å². The summed E-state index contributed by atoms with van der Waals surface area (Å²) in [6, 6.07) is 4.11. The Hall–Kier alpha value is -1.75. The fourth-order valence-electron chi connectivity index (χ4n) is 1.47. The number of halogens is 1. The average molecular weight is 250 g/mol. The second-order valence-electron chi connectivity index (χ2n) is 3.62. The number of thiazole rings is 1. The highest BCUT2D eigenvalue weighted by molar-refractivity contribution is 7.07. The molecule has 0 aliphatic heterocycles. The first-order valence-corrected chi connectivity index (χ1v) is 6.02. The molecule has 1 aromatic carbocycles. The summed E-state index contributed by atoms with van der Waals surface area (Å²) in [5.41, 5.74) is 3.65. The Kier molecular flexibility index (Phi) is 3.49. The van der Waals surface area contributed by atoms with Gasteiger partial charge in [-0.3, -0.25) is 4.79 Å². The lowest BCUT2D eigenvalue weighted by Gasteiger charge is -2.06. The van der Waals surface area contributed by atoms with Crippen molar-refractivity contribution in [2.24, 2.45) is 0 Å². The van der Waals surface area contributed by atoms with Crippen LogP contribution in [0.3, 0.4) is 0 Å². The van der Waals surface area contributed by atoms with Gasteiger partial charge < -0.3 is 5.32 Å². The highest BCUT2D eigenvalue weighted by Crippen LogP contribution is 2.10. The van der Waals surface area contributed by atoms with Gasteiger partial charge in [0.1, 0.15) is 5.82 Å². The second-order valence-corrected chi connectivity index (χ2v) is 4.34. The number of nitrogens with one attached hydrogen (secondary N) is 1. The zero-order valence-corrected chi connectivity index (χ0v) is 10.1. The smallest absolute Gasteiger partial charge is 0.251 e. The molecular weight excluding hydrogens is 239 g/mol. The predicted octanol–water partition coefficient (Wildman–Crippen LogP) is 2.52. The molecule has 0 spiro atoms. The summed E-state index contributed by atoms with van der Waals surface area (Å²) in [5.74, 6) is -0.547. The van der Waals surface area contributed by atoms with E-state index in [1.54, 1.807) is 12.4 Å². The fourth-order valence-corrected chi connectivity index (χ4v) is 2.03. The molecule has 88 valence electrons. The standard InChI is InChI=1S/C12H11FN2OS/c1-8-4-9(13)2-3-11(8)12(16)14-5-10-6-17-7-15-10/h2-4,6-7H,5H2,1H3,(H,14,16). The van der Waals surface area contributed by atoms with Crippen molar-refractivity contribution in [1.82, 2.24) is 10.3 Å². The summed E-state index contributed by atoms with van der Waals surface area (Å²) in [4.78, 5) is 15.9. The average Bonchev–Trinajstić information content (AvgIpc) is 2.78. The summed E-state index contributed by atoms with van der Waals surface area (Å²) < 4.78 is 12.9. The first-order valence-electron chi connectivity index (χ1n) is 5.08. The maximum atomic E-state index is 12.9. The summed E-state index contributed by atoms with van der Waals surface area (Å²) in [7, 11) is 0. The molecule has 0 aliphatic rings. The van der Waals surface area contributed by atoms with E-state index in [1.807, 2.05) is 5.38 Å². The molecule has 0 bridgehead atoms. The van der Waals surface area contributed by atoms with Gasteiger partial charge in [0.15, 0.2) is 0 Å². The molecule has 5 heteroatoms.